The van der Waals surface area contributed by atoms with Crippen molar-refractivity contribution in [2.24, 2.45) is 16.3 Å². The summed E-state index contributed by atoms with van der Waals surface area (Å²) in [4.78, 5) is 39.3. The monoisotopic (exact) mass is 786 g/mol. The van der Waals surface area contributed by atoms with Gasteiger partial charge in [0.1, 0.15) is 0 Å². The molecule has 3 N–H and O–H groups in total. The first-order valence-corrected chi connectivity index (χ1v) is 20.6. The zero-order valence-electron chi connectivity index (χ0n) is 37.3. The SMILES string of the molecule is C=C.C=C/C(=C\CC)CC.CCC(C)N(C)C(=O)C(C)(C)/C=C/c1cn(N)c(/C=C/C(C)C)c1[C@H](C)CN=C(NC(=O)OC(C)C)N1CCC(c2ccncc2)C1. The van der Waals surface area contributed by atoms with Crippen LogP contribution in [-0.4, -0.2) is 76.2 Å². The second kappa shape index (κ2) is 25.4. The highest BCUT2D eigenvalue weighted by Crippen LogP contribution is 2.32. The smallest absolute Gasteiger partial charge is 0.414 e. The number of carbonyl (C=O) groups is 2. The molecule has 1 saturated heterocycles. The van der Waals surface area contributed by atoms with E-state index in [1.807, 2.05) is 88.6 Å². The van der Waals surface area contributed by atoms with Crippen LogP contribution in [0.25, 0.3) is 12.2 Å². The van der Waals surface area contributed by atoms with Gasteiger partial charge in [0.05, 0.1) is 17.2 Å². The van der Waals surface area contributed by atoms with E-state index < -0.39 is 11.5 Å². The van der Waals surface area contributed by atoms with E-state index in [9.17, 15) is 9.59 Å². The second-order valence-corrected chi connectivity index (χ2v) is 15.7. The number of allylic oxidation sites excluding steroid dienone is 4. The summed E-state index contributed by atoms with van der Waals surface area (Å²) in [7, 11) is 1.87. The van der Waals surface area contributed by atoms with Gasteiger partial charge in [0.2, 0.25) is 11.9 Å². The molecule has 10 heteroatoms. The molecule has 0 aliphatic carbocycles. The van der Waals surface area contributed by atoms with Crippen LogP contribution in [-0.2, 0) is 9.53 Å². The van der Waals surface area contributed by atoms with Crippen LogP contribution in [0.3, 0.4) is 0 Å². The summed E-state index contributed by atoms with van der Waals surface area (Å²) in [5, 5.41) is 2.93. The molecule has 3 rings (SSSR count). The van der Waals surface area contributed by atoms with E-state index >= 15 is 0 Å². The Bertz CT molecular complexity index is 1650. The van der Waals surface area contributed by atoms with Crippen LogP contribution >= 0.6 is 0 Å². The number of aromatic nitrogens is 2. The maximum Gasteiger partial charge on any atom is 0.414 e. The highest BCUT2D eigenvalue weighted by molar-refractivity contribution is 5.94. The molecule has 3 heterocycles. The zero-order chi connectivity index (χ0) is 43.3. The Morgan fingerprint density at radius 3 is 2.28 bits per heavy atom. The number of nitrogens with one attached hydrogen (secondary N) is 1. The molecule has 0 saturated carbocycles. The van der Waals surface area contributed by atoms with Gasteiger partial charge in [0.15, 0.2) is 0 Å². The molecule has 2 amide bonds. The molecule has 57 heavy (non-hydrogen) atoms. The number of nitrogen functional groups attached to an aromatic ring is 1. The predicted octanol–water partition coefficient (Wildman–Crippen LogP) is 10.4. The van der Waals surface area contributed by atoms with Crippen LogP contribution in [0, 0.1) is 11.3 Å². The highest BCUT2D eigenvalue weighted by atomic mass is 16.6. The fourth-order valence-electron chi connectivity index (χ4n) is 6.37. The minimum atomic E-state index is -0.712. The van der Waals surface area contributed by atoms with Gasteiger partial charge < -0.3 is 20.4 Å². The first-order chi connectivity index (χ1) is 27.0. The third kappa shape index (κ3) is 16.3. The van der Waals surface area contributed by atoms with E-state index in [4.69, 9.17) is 15.6 Å². The molecule has 10 nitrogen and oxygen atoms in total. The lowest BCUT2D eigenvalue weighted by Gasteiger charge is -2.31. The average molecular weight is 786 g/mol. The van der Waals surface area contributed by atoms with Gasteiger partial charge in [-0.15, -0.1) is 13.2 Å². The van der Waals surface area contributed by atoms with Gasteiger partial charge in [-0.25, -0.2) is 4.79 Å². The number of rotatable bonds is 15. The number of alkyl carbamates (subject to hydrolysis) is 1. The van der Waals surface area contributed by atoms with Crippen molar-refractivity contribution in [2.75, 3.05) is 32.5 Å². The van der Waals surface area contributed by atoms with E-state index in [-0.39, 0.29) is 24.0 Å². The van der Waals surface area contributed by atoms with E-state index in [1.165, 1.54) is 11.1 Å². The molecule has 2 aromatic rings. The summed E-state index contributed by atoms with van der Waals surface area (Å²) >= 11 is 0. The van der Waals surface area contributed by atoms with Crippen molar-refractivity contribution in [3.63, 3.8) is 0 Å². The van der Waals surface area contributed by atoms with E-state index in [0.29, 0.717) is 24.3 Å². The Hall–Kier alpha value is -4.86. The molecular weight excluding hydrogens is 711 g/mol. The summed E-state index contributed by atoms with van der Waals surface area (Å²) in [6, 6.07) is 4.24. The third-order valence-electron chi connectivity index (χ3n) is 9.95. The van der Waals surface area contributed by atoms with Crippen molar-refractivity contribution >= 4 is 30.1 Å². The van der Waals surface area contributed by atoms with Crippen LogP contribution < -0.4 is 11.2 Å². The number of hydrogen-bond acceptors (Lipinski definition) is 6. The molecule has 2 unspecified atom stereocenters. The number of likely N-dealkylation sites (tertiary alicyclic amines) is 1. The number of carbonyl (C=O) groups excluding carboxylic acids is 2. The maximum absolute atomic E-state index is 13.4. The number of ether oxygens (including phenoxy) is 1. The van der Waals surface area contributed by atoms with Gasteiger partial charge in [-0.05, 0) is 101 Å². The summed E-state index contributed by atoms with van der Waals surface area (Å²) in [5.41, 5.74) is 4.71. The van der Waals surface area contributed by atoms with Gasteiger partial charge in [0, 0.05) is 63.2 Å². The van der Waals surface area contributed by atoms with Gasteiger partial charge in [-0.1, -0.05) is 84.1 Å². The number of nitrogens with two attached hydrogens (primary N) is 1. The number of hydrogen-bond donors (Lipinski definition) is 2. The minimum absolute atomic E-state index is 0.0640. The van der Waals surface area contributed by atoms with E-state index in [1.54, 1.807) is 4.68 Å². The standard InChI is InChI=1S/C37H57N7O3.C8H14.C2H4/c1-11-28(7)42(10)34(45)37(8,9)18-14-31-24-44(38)32(13-12-25(2)3)33(31)27(6)22-40-35(41-36(46)47-26(4)5)43-21-17-30(23-43)29-15-19-39-20-16-29;1-4-7-8(5-2)6-3;1-2/h12-16,18-20,24-28,30H,11,17,21-23,38H2,1-10H3,(H,40,41,46);5,7H,2,4,6H2,1,3H3;1-2H2/b13-12+,18-14+;8-7+;/t27-,28?,30?;;/m1../s1. The Balaban J connectivity index is 0.00000144. The topological polar surface area (TPSA) is 118 Å². The van der Waals surface area contributed by atoms with E-state index in [2.05, 4.69) is 102 Å². The lowest BCUT2D eigenvalue weighted by atomic mass is 9.88. The van der Waals surface area contributed by atoms with Crippen molar-refractivity contribution in [2.45, 2.75) is 126 Å². The lowest BCUT2D eigenvalue weighted by Crippen LogP contribution is -2.44. The van der Waals surface area contributed by atoms with Crippen LogP contribution in [0.2, 0.25) is 0 Å². The van der Waals surface area contributed by atoms with Crippen molar-refractivity contribution in [1.82, 2.24) is 24.8 Å². The molecule has 1 fully saturated rings. The predicted molar refractivity (Wildman–Crippen MR) is 243 cm³/mol. The van der Waals surface area contributed by atoms with Crippen LogP contribution in [0.4, 0.5) is 4.79 Å². The normalized spacial score (nSPS) is 15.9. The molecule has 0 spiro atoms. The number of amides is 2. The van der Waals surface area contributed by atoms with Gasteiger partial charge in [-0.2, -0.15) is 0 Å². The first kappa shape index (κ1) is 50.2. The fourth-order valence-corrected chi connectivity index (χ4v) is 6.37. The molecule has 3 atom stereocenters. The number of nitrogens with zero attached hydrogens (tertiary/aromatic N) is 5. The van der Waals surface area contributed by atoms with Crippen LogP contribution in [0.1, 0.15) is 136 Å². The van der Waals surface area contributed by atoms with Gasteiger partial charge in [0.25, 0.3) is 0 Å². The molecule has 2 aromatic heterocycles. The van der Waals surface area contributed by atoms with Crippen molar-refractivity contribution in [3.8, 4) is 0 Å². The summed E-state index contributed by atoms with van der Waals surface area (Å²) < 4.78 is 7.07. The molecule has 1 aliphatic heterocycles. The Labute approximate surface area is 345 Å². The minimum Gasteiger partial charge on any atom is -0.447 e. The van der Waals surface area contributed by atoms with E-state index in [0.717, 1.165) is 55.6 Å². The summed E-state index contributed by atoms with van der Waals surface area (Å²) in [6.07, 6.45) is 21.1. The Kier molecular flexibility index (Phi) is 22.4. The number of pyridine rings is 1. The van der Waals surface area contributed by atoms with Gasteiger partial charge in [-0.3, -0.25) is 24.8 Å². The molecule has 1 aliphatic rings. The molecule has 0 radical (unpaired) electrons. The fraction of sp³-hybridized carbons (Fsp3) is 0.532. The Morgan fingerprint density at radius 2 is 1.75 bits per heavy atom. The van der Waals surface area contributed by atoms with Crippen LogP contribution in [0.15, 0.2) is 85.3 Å². The van der Waals surface area contributed by atoms with Crippen LogP contribution in [0.5, 0.6) is 0 Å². The highest BCUT2D eigenvalue weighted by Gasteiger charge is 2.31. The third-order valence-corrected chi connectivity index (χ3v) is 9.95. The van der Waals surface area contributed by atoms with Crippen molar-refractivity contribution < 1.29 is 14.3 Å². The quantitative estimate of drug-likeness (QED) is 0.0610. The first-order valence-electron chi connectivity index (χ1n) is 20.6. The molecular formula is C47H75N7O3. The summed E-state index contributed by atoms with van der Waals surface area (Å²) in [6.45, 7) is 33.9. The molecule has 316 valence electrons. The number of guanidine groups is 1. The average Bonchev–Trinajstić information content (AvgIpc) is 3.81. The molecule has 0 aromatic carbocycles. The maximum atomic E-state index is 13.4. The summed E-state index contributed by atoms with van der Waals surface area (Å²) in [5.74, 6) is 7.69. The van der Waals surface area contributed by atoms with Crippen molar-refractivity contribution in [3.05, 3.63) is 103 Å². The number of aliphatic imine (C=N–C) groups is 1. The lowest BCUT2D eigenvalue weighted by molar-refractivity contribution is -0.138. The Morgan fingerprint density at radius 1 is 1.11 bits per heavy atom. The zero-order valence-corrected chi connectivity index (χ0v) is 37.3. The largest absolute Gasteiger partial charge is 0.447 e. The van der Waals surface area contributed by atoms with Gasteiger partial charge >= 0.3 is 6.09 Å². The molecule has 0 bridgehead atoms. The van der Waals surface area contributed by atoms with Crippen molar-refractivity contribution in [1.29, 1.82) is 0 Å². The second-order valence-electron chi connectivity index (χ2n) is 15.7.